The molecule has 0 aliphatic carbocycles. The fraction of sp³-hybridized carbons (Fsp3) is 0.846. The van der Waals surface area contributed by atoms with Crippen molar-refractivity contribution < 1.29 is 14.3 Å². The molecule has 0 aromatic heterocycles. The molecule has 2 amide bonds. The molecule has 110 valence electrons. The second-order valence-corrected chi connectivity index (χ2v) is 5.90. The van der Waals surface area contributed by atoms with Crippen LogP contribution in [0.3, 0.4) is 0 Å². The number of ether oxygens (including phenoxy) is 1. The molecule has 0 radical (unpaired) electrons. The van der Waals surface area contributed by atoms with Gasteiger partial charge in [0, 0.05) is 32.1 Å². The largest absolute Gasteiger partial charge is 0.444 e. The molecule has 6 heteroatoms. The third-order valence-corrected chi connectivity index (χ3v) is 2.94. The van der Waals surface area contributed by atoms with Crippen molar-refractivity contribution in [3.8, 4) is 0 Å². The van der Waals surface area contributed by atoms with E-state index in [0.717, 1.165) is 12.8 Å². The fourth-order valence-electron chi connectivity index (χ4n) is 2.07. The number of rotatable bonds is 4. The Labute approximate surface area is 114 Å². The van der Waals surface area contributed by atoms with Crippen LogP contribution in [0.1, 0.15) is 40.0 Å². The molecule has 1 saturated heterocycles. The lowest BCUT2D eigenvalue weighted by molar-refractivity contribution is -0.121. The lowest BCUT2D eigenvalue weighted by Crippen LogP contribution is -2.42. The molecule has 1 aliphatic heterocycles. The summed E-state index contributed by atoms with van der Waals surface area (Å²) in [5.74, 6) is 0.0400. The first kappa shape index (κ1) is 15.8. The van der Waals surface area contributed by atoms with E-state index in [4.69, 9.17) is 4.74 Å². The Morgan fingerprint density at radius 2 is 1.89 bits per heavy atom. The third-order valence-electron chi connectivity index (χ3n) is 2.94. The van der Waals surface area contributed by atoms with Gasteiger partial charge >= 0.3 is 6.09 Å². The summed E-state index contributed by atoms with van der Waals surface area (Å²) in [4.78, 5) is 22.8. The van der Waals surface area contributed by atoms with Crippen molar-refractivity contribution in [2.45, 2.75) is 57.7 Å². The highest BCUT2D eigenvalue weighted by atomic mass is 16.6. The van der Waals surface area contributed by atoms with Gasteiger partial charge in [0.15, 0.2) is 0 Å². The Morgan fingerprint density at radius 3 is 2.47 bits per heavy atom. The third kappa shape index (κ3) is 6.42. The fourth-order valence-corrected chi connectivity index (χ4v) is 2.07. The van der Waals surface area contributed by atoms with Gasteiger partial charge in [-0.25, -0.2) is 4.79 Å². The van der Waals surface area contributed by atoms with Crippen LogP contribution in [-0.2, 0) is 9.53 Å². The number of amides is 2. The van der Waals surface area contributed by atoms with Crippen LogP contribution in [0.25, 0.3) is 0 Å². The van der Waals surface area contributed by atoms with Crippen molar-refractivity contribution in [1.82, 2.24) is 16.0 Å². The first-order valence-corrected chi connectivity index (χ1v) is 6.73. The lowest BCUT2D eigenvalue weighted by atomic mass is 10.1. The minimum absolute atomic E-state index is 0.0400. The summed E-state index contributed by atoms with van der Waals surface area (Å²) in [6, 6.07) is 0.410. The van der Waals surface area contributed by atoms with Crippen molar-refractivity contribution in [2.75, 3.05) is 13.6 Å². The van der Waals surface area contributed by atoms with Crippen molar-refractivity contribution in [3.63, 3.8) is 0 Å². The maximum absolute atomic E-state index is 11.5. The number of carbonyl (C=O) groups excluding carboxylic acids is 2. The number of alkyl carbamates (subject to hydrolysis) is 1. The van der Waals surface area contributed by atoms with Crippen LogP contribution in [0.15, 0.2) is 0 Å². The topological polar surface area (TPSA) is 79.5 Å². The van der Waals surface area contributed by atoms with Gasteiger partial charge in [-0.2, -0.15) is 0 Å². The second kappa shape index (κ2) is 6.75. The summed E-state index contributed by atoms with van der Waals surface area (Å²) in [6.45, 7) is 6.03. The minimum Gasteiger partial charge on any atom is -0.444 e. The SMILES string of the molecule is CNC(=O)C[C@@H]1CC[C@H](CNC(=O)OC(C)(C)C)N1. The van der Waals surface area contributed by atoms with E-state index in [2.05, 4.69) is 16.0 Å². The second-order valence-electron chi connectivity index (χ2n) is 5.90. The molecule has 0 aromatic carbocycles. The van der Waals surface area contributed by atoms with E-state index in [0.29, 0.717) is 13.0 Å². The summed E-state index contributed by atoms with van der Waals surface area (Å²) >= 11 is 0. The highest BCUT2D eigenvalue weighted by Gasteiger charge is 2.26. The molecule has 0 bridgehead atoms. The smallest absolute Gasteiger partial charge is 0.407 e. The number of nitrogens with one attached hydrogen (secondary N) is 3. The Hall–Kier alpha value is -1.30. The summed E-state index contributed by atoms with van der Waals surface area (Å²) in [5, 5.41) is 8.70. The molecular formula is C13H25N3O3. The summed E-state index contributed by atoms with van der Waals surface area (Å²) < 4.78 is 5.16. The predicted molar refractivity (Wildman–Crippen MR) is 72.9 cm³/mol. The van der Waals surface area contributed by atoms with Crippen LogP contribution in [0.2, 0.25) is 0 Å². The van der Waals surface area contributed by atoms with Crippen LogP contribution in [0.4, 0.5) is 4.79 Å². The van der Waals surface area contributed by atoms with E-state index in [9.17, 15) is 9.59 Å². The van der Waals surface area contributed by atoms with Crippen LogP contribution >= 0.6 is 0 Å². The molecule has 19 heavy (non-hydrogen) atoms. The normalized spacial score (nSPS) is 22.9. The quantitative estimate of drug-likeness (QED) is 0.705. The summed E-state index contributed by atoms with van der Waals surface area (Å²) in [7, 11) is 1.64. The van der Waals surface area contributed by atoms with Gasteiger partial charge in [0.05, 0.1) is 0 Å². The molecule has 0 aromatic rings. The highest BCUT2D eigenvalue weighted by Crippen LogP contribution is 2.14. The number of hydrogen-bond donors (Lipinski definition) is 3. The van der Waals surface area contributed by atoms with E-state index in [1.54, 1.807) is 7.05 Å². The van der Waals surface area contributed by atoms with Crippen LogP contribution < -0.4 is 16.0 Å². The van der Waals surface area contributed by atoms with E-state index >= 15 is 0 Å². The van der Waals surface area contributed by atoms with Gasteiger partial charge in [0.1, 0.15) is 5.60 Å². The van der Waals surface area contributed by atoms with E-state index in [-0.39, 0.29) is 18.0 Å². The Kier molecular flexibility index (Phi) is 5.60. The van der Waals surface area contributed by atoms with Crippen LogP contribution in [0.5, 0.6) is 0 Å². The molecule has 1 fully saturated rings. The molecule has 6 nitrogen and oxygen atoms in total. The summed E-state index contributed by atoms with van der Waals surface area (Å²) in [6.07, 6.45) is 1.99. The highest BCUT2D eigenvalue weighted by molar-refractivity contribution is 5.76. The standard InChI is InChI=1S/C13H25N3O3/c1-13(2,3)19-12(18)15-8-10-6-5-9(16-10)7-11(17)14-4/h9-10,16H,5-8H2,1-4H3,(H,14,17)(H,15,18)/t9-,10+/m0/s1. The average Bonchev–Trinajstić information content (AvgIpc) is 2.71. The van der Waals surface area contributed by atoms with E-state index in [1.165, 1.54) is 0 Å². The van der Waals surface area contributed by atoms with Gasteiger partial charge in [-0.05, 0) is 33.6 Å². The van der Waals surface area contributed by atoms with Gasteiger partial charge in [-0.15, -0.1) is 0 Å². The van der Waals surface area contributed by atoms with Crippen molar-refractivity contribution >= 4 is 12.0 Å². The Bertz CT molecular complexity index is 326. The Balaban J connectivity index is 2.22. The monoisotopic (exact) mass is 271 g/mol. The summed E-state index contributed by atoms with van der Waals surface area (Å²) in [5.41, 5.74) is -0.477. The van der Waals surface area contributed by atoms with E-state index in [1.807, 2.05) is 20.8 Å². The maximum atomic E-state index is 11.5. The van der Waals surface area contributed by atoms with Crippen molar-refractivity contribution in [1.29, 1.82) is 0 Å². The molecule has 1 rings (SSSR count). The van der Waals surface area contributed by atoms with Crippen molar-refractivity contribution in [2.24, 2.45) is 0 Å². The first-order chi connectivity index (χ1) is 8.80. The number of hydrogen-bond acceptors (Lipinski definition) is 4. The van der Waals surface area contributed by atoms with Gasteiger partial charge in [0.2, 0.25) is 5.91 Å². The molecule has 0 saturated carbocycles. The lowest BCUT2D eigenvalue weighted by Gasteiger charge is -2.21. The zero-order valence-electron chi connectivity index (χ0n) is 12.2. The first-order valence-electron chi connectivity index (χ1n) is 6.73. The molecule has 2 atom stereocenters. The Morgan fingerprint density at radius 1 is 1.26 bits per heavy atom. The van der Waals surface area contributed by atoms with E-state index < -0.39 is 11.7 Å². The molecular weight excluding hydrogens is 246 g/mol. The van der Waals surface area contributed by atoms with Crippen LogP contribution in [0, 0.1) is 0 Å². The molecule has 0 spiro atoms. The van der Waals surface area contributed by atoms with Gasteiger partial charge in [0.25, 0.3) is 0 Å². The average molecular weight is 271 g/mol. The molecule has 1 aliphatic rings. The zero-order valence-corrected chi connectivity index (χ0v) is 12.2. The zero-order chi connectivity index (χ0) is 14.5. The van der Waals surface area contributed by atoms with Gasteiger partial charge in [-0.3, -0.25) is 4.79 Å². The van der Waals surface area contributed by atoms with Crippen molar-refractivity contribution in [3.05, 3.63) is 0 Å². The number of carbonyl (C=O) groups is 2. The minimum atomic E-state index is -0.477. The molecule has 1 heterocycles. The van der Waals surface area contributed by atoms with Gasteiger partial charge in [-0.1, -0.05) is 0 Å². The van der Waals surface area contributed by atoms with Gasteiger partial charge < -0.3 is 20.7 Å². The molecule has 0 unspecified atom stereocenters. The molecule has 3 N–H and O–H groups in total. The maximum Gasteiger partial charge on any atom is 0.407 e. The predicted octanol–water partition coefficient (Wildman–Crippen LogP) is 0.768. The van der Waals surface area contributed by atoms with Crippen LogP contribution in [-0.4, -0.2) is 43.3 Å².